The molecule has 5 aliphatic rings. The largest absolute Gasteiger partial charge is 0.310 e. The number of benzene rings is 14. The second-order valence-electron chi connectivity index (χ2n) is 30.8. The van der Waals surface area contributed by atoms with Crippen LogP contribution in [0.5, 0.6) is 0 Å². The molecule has 0 spiro atoms. The maximum atomic E-state index is 2.57. The summed E-state index contributed by atoms with van der Waals surface area (Å²) in [5.41, 5.74) is 34.3. The molecule has 5 aliphatic carbocycles. The van der Waals surface area contributed by atoms with Gasteiger partial charge in [0, 0.05) is 56.3 Å². The quantitative estimate of drug-likeness (QED) is 0.126. The summed E-state index contributed by atoms with van der Waals surface area (Å²) < 4.78 is 0. The molecule has 0 aromatic heterocycles. The molecule has 14 aromatic rings. The maximum Gasteiger partial charge on any atom is 0.0468 e. The van der Waals surface area contributed by atoms with E-state index in [0.717, 1.165) is 45.3 Å². The topological polar surface area (TPSA) is 6.48 Å². The van der Waals surface area contributed by atoms with Crippen molar-refractivity contribution in [1.29, 1.82) is 0 Å². The fourth-order valence-electron chi connectivity index (χ4n) is 18.8. The lowest BCUT2D eigenvalue weighted by Gasteiger charge is -2.31. The van der Waals surface area contributed by atoms with Gasteiger partial charge in [-0.25, -0.2) is 0 Å². The van der Waals surface area contributed by atoms with E-state index in [4.69, 9.17) is 0 Å². The fourth-order valence-corrected chi connectivity index (χ4v) is 18.8. The Kier molecular flexibility index (Phi) is 13.2. The first-order chi connectivity index (χ1) is 48.6. The Morgan fingerprint density at radius 1 is 0.240 bits per heavy atom. The monoisotopic (exact) mass is 1280 g/mol. The average Bonchev–Trinajstić information content (AvgIpc) is 1.20. The van der Waals surface area contributed by atoms with Gasteiger partial charge in [-0.2, -0.15) is 0 Å². The lowest BCUT2D eigenvalue weighted by Crippen LogP contribution is -2.24. The van der Waals surface area contributed by atoms with Gasteiger partial charge in [0.15, 0.2) is 0 Å². The molecule has 14 aromatic carbocycles. The highest BCUT2D eigenvalue weighted by Crippen LogP contribution is 2.59. The second kappa shape index (κ2) is 22.1. The first kappa shape index (κ1) is 59.9. The van der Waals surface area contributed by atoms with E-state index in [0.29, 0.717) is 11.8 Å². The molecule has 2 atom stereocenters. The van der Waals surface area contributed by atoms with E-state index in [2.05, 4.69) is 381 Å². The molecule has 100 heavy (non-hydrogen) atoms. The standard InChI is InChI=1S/C98H78N2/c1-95(2)85-37-19-15-33-73(85)77-47-41-69(57-89(77)95)99(70-42-48-78-74-34-16-20-38-86(74)96(3,4)90(78)58-70)67-45-51-81-83(55-67)93(65-31-23-29-63(53-65)61-25-11-9-12-26-61)82-52-46-68(56-84(82)94(81)66-32-24-30-64(54-66)62-27-13-10-14-28-62)100(71-43-49-79-75-35-17-21-39-87(75)97(5,6)91(79)59-71)72-44-50-80-76-36-18-22-40-88(76)98(7,8)92(80)60-72/h9-60,73,85H,1-8H3. The number of rotatable bonds is 10. The Morgan fingerprint density at radius 3 is 1.00 bits per heavy atom. The summed E-state index contributed by atoms with van der Waals surface area (Å²) in [7, 11) is 0. The van der Waals surface area contributed by atoms with Crippen molar-refractivity contribution in [3.63, 3.8) is 0 Å². The average molecular weight is 1280 g/mol. The first-order valence-electron chi connectivity index (χ1n) is 35.8. The molecular formula is C98H78N2. The zero-order valence-electron chi connectivity index (χ0n) is 58.1. The Hall–Kier alpha value is -11.3. The second-order valence-corrected chi connectivity index (χ2v) is 30.8. The van der Waals surface area contributed by atoms with Crippen LogP contribution in [0.1, 0.15) is 106 Å². The van der Waals surface area contributed by atoms with Crippen LogP contribution in [-0.4, -0.2) is 0 Å². The molecular weight excluding hydrogens is 1210 g/mol. The highest BCUT2D eigenvalue weighted by Gasteiger charge is 2.45. The number of nitrogens with zero attached hydrogens (tertiary/aromatic N) is 2. The minimum Gasteiger partial charge on any atom is -0.310 e. The third kappa shape index (κ3) is 8.95. The number of anilines is 6. The van der Waals surface area contributed by atoms with Crippen molar-refractivity contribution in [2.24, 2.45) is 5.92 Å². The molecule has 0 fully saturated rings. The van der Waals surface area contributed by atoms with Crippen molar-refractivity contribution in [3.05, 3.63) is 360 Å². The summed E-state index contributed by atoms with van der Waals surface area (Å²) in [6.07, 6.45) is 9.36. The molecule has 2 nitrogen and oxygen atoms in total. The molecule has 0 saturated carbocycles. The fraction of sp³-hybridized carbons (Fsp3) is 0.143. The summed E-state index contributed by atoms with van der Waals surface area (Å²) >= 11 is 0. The van der Waals surface area contributed by atoms with Gasteiger partial charge in [0.2, 0.25) is 0 Å². The number of allylic oxidation sites excluding steroid dienone is 4. The van der Waals surface area contributed by atoms with Crippen molar-refractivity contribution in [1.82, 2.24) is 0 Å². The van der Waals surface area contributed by atoms with Crippen LogP contribution in [0, 0.1) is 5.92 Å². The summed E-state index contributed by atoms with van der Waals surface area (Å²) in [5, 5.41) is 4.73. The first-order valence-corrected chi connectivity index (χ1v) is 35.8. The van der Waals surface area contributed by atoms with Gasteiger partial charge < -0.3 is 9.80 Å². The summed E-state index contributed by atoms with van der Waals surface area (Å²) in [5.74, 6) is 0.713. The number of fused-ring (bicyclic) bond motifs is 14. The molecule has 0 radical (unpaired) electrons. The number of hydrogen-bond donors (Lipinski definition) is 0. The highest BCUT2D eigenvalue weighted by molar-refractivity contribution is 6.23. The van der Waals surface area contributed by atoms with E-state index in [1.807, 2.05) is 0 Å². The van der Waals surface area contributed by atoms with E-state index in [9.17, 15) is 0 Å². The minimum absolute atomic E-state index is 0.0899. The van der Waals surface area contributed by atoms with Gasteiger partial charge >= 0.3 is 0 Å². The van der Waals surface area contributed by atoms with Crippen LogP contribution in [0.25, 0.3) is 99.4 Å². The molecule has 0 heterocycles. The van der Waals surface area contributed by atoms with Gasteiger partial charge in [-0.1, -0.05) is 286 Å². The minimum atomic E-state index is -0.208. The zero-order valence-corrected chi connectivity index (χ0v) is 58.1. The summed E-state index contributed by atoms with van der Waals surface area (Å²) in [6, 6.07) is 111. The van der Waals surface area contributed by atoms with Crippen molar-refractivity contribution in [3.8, 4) is 77.9 Å². The van der Waals surface area contributed by atoms with E-state index in [1.165, 1.54) is 133 Å². The van der Waals surface area contributed by atoms with Crippen LogP contribution in [0.2, 0.25) is 0 Å². The van der Waals surface area contributed by atoms with E-state index in [1.54, 1.807) is 0 Å². The summed E-state index contributed by atoms with van der Waals surface area (Å²) in [6.45, 7) is 19.3. The predicted octanol–water partition coefficient (Wildman–Crippen LogP) is 26.6. The molecule has 19 rings (SSSR count). The zero-order chi connectivity index (χ0) is 67.6. The van der Waals surface area contributed by atoms with Crippen LogP contribution in [0.3, 0.4) is 0 Å². The Balaban J connectivity index is 0.895. The Bertz CT molecular complexity index is 5710. The molecule has 0 aliphatic heterocycles. The third-order valence-corrected chi connectivity index (χ3v) is 23.9. The van der Waals surface area contributed by atoms with Gasteiger partial charge in [-0.05, 0) is 240 Å². The van der Waals surface area contributed by atoms with Crippen molar-refractivity contribution < 1.29 is 0 Å². The van der Waals surface area contributed by atoms with Gasteiger partial charge in [-0.3, -0.25) is 0 Å². The van der Waals surface area contributed by atoms with Gasteiger partial charge in [-0.15, -0.1) is 0 Å². The van der Waals surface area contributed by atoms with Crippen LogP contribution < -0.4 is 9.80 Å². The lowest BCUT2D eigenvalue weighted by molar-refractivity contribution is 0.394. The van der Waals surface area contributed by atoms with Crippen LogP contribution >= 0.6 is 0 Å². The SMILES string of the molecule is CC1(C)c2ccccc2-c2ccc(N(c3ccc4c(c3)C(C)(C)c3ccccc3-4)c3ccc4c(-c5cccc(-c6ccccc6)c5)c5cc(N(c6ccc7c(c6)C(C)(C)c6ccccc6-7)c6ccc7c(c6)C(C)(C)C6C=CC=CC76)ccc5c(-c5cccc(-c6ccccc6)c5)c4c3)cc21. The molecule has 480 valence electrons. The van der Waals surface area contributed by atoms with Gasteiger partial charge in [0.05, 0.1) is 0 Å². The molecule has 0 bridgehead atoms. The highest BCUT2D eigenvalue weighted by atomic mass is 15.1. The van der Waals surface area contributed by atoms with E-state index in [-0.39, 0.29) is 21.7 Å². The Labute approximate surface area is 588 Å². The molecule has 2 heteroatoms. The number of hydrogen-bond acceptors (Lipinski definition) is 2. The van der Waals surface area contributed by atoms with Crippen LogP contribution in [0.15, 0.2) is 315 Å². The molecule has 0 saturated heterocycles. The van der Waals surface area contributed by atoms with Crippen molar-refractivity contribution in [2.75, 3.05) is 9.80 Å². The van der Waals surface area contributed by atoms with E-state index < -0.39 is 0 Å². The van der Waals surface area contributed by atoms with Crippen LogP contribution in [0.4, 0.5) is 34.1 Å². The third-order valence-electron chi connectivity index (χ3n) is 23.9. The maximum absolute atomic E-state index is 2.57. The van der Waals surface area contributed by atoms with Crippen LogP contribution in [-0.2, 0) is 21.7 Å². The van der Waals surface area contributed by atoms with E-state index >= 15 is 0 Å². The van der Waals surface area contributed by atoms with Gasteiger partial charge in [0.1, 0.15) is 0 Å². The van der Waals surface area contributed by atoms with Crippen molar-refractivity contribution >= 4 is 55.7 Å². The normalized spacial score (nSPS) is 16.8. The Morgan fingerprint density at radius 2 is 0.570 bits per heavy atom. The van der Waals surface area contributed by atoms with Crippen molar-refractivity contribution in [2.45, 2.75) is 83.0 Å². The molecule has 0 amide bonds. The predicted molar refractivity (Wildman–Crippen MR) is 423 cm³/mol. The lowest BCUT2D eigenvalue weighted by atomic mass is 9.74. The summed E-state index contributed by atoms with van der Waals surface area (Å²) in [4.78, 5) is 5.12. The van der Waals surface area contributed by atoms with Gasteiger partial charge in [0.25, 0.3) is 0 Å². The smallest absolute Gasteiger partial charge is 0.0468 e. The molecule has 0 N–H and O–H groups in total. The molecule has 2 unspecified atom stereocenters.